The Hall–Kier alpha value is -3.03. The number of nitrogens with one attached hydrogen (secondary N) is 1. The van der Waals surface area contributed by atoms with E-state index < -0.39 is 5.76 Å². The third-order valence-electron chi connectivity index (χ3n) is 3.85. The van der Waals surface area contributed by atoms with Crippen LogP contribution in [0.2, 0.25) is 10.0 Å². The van der Waals surface area contributed by atoms with Crippen LogP contribution in [-0.4, -0.2) is 26.1 Å². The zero-order valence-electron chi connectivity index (χ0n) is 19.3. The highest BCUT2D eigenvalue weighted by Gasteiger charge is 2.24. The molecule has 0 saturated carbocycles. The van der Waals surface area contributed by atoms with Gasteiger partial charge in [0.15, 0.2) is 0 Å². The molecule has 33 heavy (non-hydrogen) atoms. The molecule has 1 N–H and O–H groups in total. The maximum absolute atomic E-state index is 12.1. The van der Waals surface area contributed by atoms with E-state index in [0.717, 1.165) is 4.68 Å². The second kappa shape index (κ2) is 12.3. The molecule has 2 heterocycles. The number of hydrogen-bond acceptors (Lipinski definition) is 5. The minimum absolute atomic E-state index is 0.0642. The Kier molecular flexibility index (Phi) is 9.75. The van der Waals surface area contributed by atoms with Crippen LogP contribution in [0.5, 0.6) is 5.75 Å². The highest BCUT2D eigenvalue weighted by atomic mass is 35.5. The number of rotatable bonds is 3. The lowest BCUT2D eigenvalue weighted by molar-refractivity contribution is 0.242. The fourth-order valence-corrected chi connectivity index (χ4v) is 2.87. The first-order valence-electron chi connectivity index (χ1n) is 10.3. The van der Waals surface area contributed by atoms with E-state index in [9.17, 15) is 4.79 Å². The molecule has 0 spiro atoms. The molecule has 0 unspecified atom stereocenters. The van der Waals surface area contributed by atoms with Gasteiger partial charge in [0.2, 0.25) is 5.89 Å². The maximum atomic E-state index is 12.1. The van der Waals surface area contributed by atoms with Crippen LogP contribution < -0.4 is 10.5 Å². The molecule has 4 rings (SSSR count). The van der Waals surface area contributed by atoms with Crippen molar-refractivity contribution in [3.05, 3.63) is 93.5 Å². The average molecular weight is 491 g/mol. The third kappa shape index (κ3) is 8.44. The SMILES string of the molecule is CC(C)Oc1cc(-n2nc(C(C)(C)C)oc2=O)c(Cl)cc1Cl.c1ccccc1.c1cn[nH]c1. The monoisotopic (exact) mass is 490 g/mol. The summed E-state index contributed by atoms with van der Waals surface area (Å²) in [6.45, 7) is 9.47. The molecule has 4 aromatic rings. The Labute approximate surface area is 203 Å². The molecule has 0 aliphatic carbocycles. The molecule has 0 bridgehead atoms. The third-order valence-corrected chi connectivity index (χ3v) is 4.45. The van der Waals surface area contributed by atoms with Gasteiger partial charge in [0, 0.05) is 23.9 Å². The summed E-state index contributed by atoms with van der Waals surface area (Å²) in [4.78, 5) is 12.1. The van der Waals surface area contributed by atoms with Gasteiger partial charge in [0.1, 0.15) is 5.75 Å². The highest BCUT2D eigenvalue weighted by molar-refractivity contribution is 6.36. The van der Waals surface area contributed by atoms with Crippen LogP contribution in [0.25, 0.3) is 5.69 Å². The molecule has 0 amide bonds. The average Bonchev–Trinajstić information content (AvgIpc) is 3.45. The zero-order valence-corrected chi connectivity index (χ0v) is 20.8. The molecule has 7 nitrogen and oxygen atoms in total. The van der Waals surface area contributed by atoms with E-state index in [1.54, 1.807) is 18.5 Å². The number of benzene rings is 2. The normalized spacial score (nSPS) is 10.7. The summed E-state index contributed by atoms with van der Waals surface area (Å²) in [5.41, 5.74) is -0.0217. The van der Waals surface area contributed by atoms with Gasteiger partial charge in [0.25, 0.3) is 0 Å². The molecule has 0 aliphatic heterocycles. The van der Waals surface area contributed by atoms with Gasteiger partial charge in [-0.2, -0.15) is 9.78 Å². The van der Waals surface area contributed by atoms with Gasteiger partial charge in [-0.05, 0) is 26.0 Å². The van der Waals surface area contributed by atoms with Crippen molar-refractivity contribution in [2.75, 3.05) is 0 Å². The molecule has 176 valence electrons. The highest BCUT2D eigenvalue weighted by Crippen LogP contribution is 2.33. The quantitative estimate of drug-likeness (QED) is 0.363. The van der Waals surface area contributed by atoms with E-state index in [1.807, 2.05) is 77.1 Å². The number of hydrogen-bond donors (Lipinski definition) is 1. The van der Waals surface area contributed by atoms with E-state index in [0.29, 0.717) is 22.4 Å². The van der Waals surface area contributed by atoms with Crippen molar-refractivity contribution in [2.24, 2.45) is 0 Å². The van der Waals surface area contributed by atoms with Gasteiger partial charge >= 0.3 is 5.76 Å². The van der Waals surface area contributed by atoms with Crippen LogP contribution in [0, 0.1) is 0 Å². The Morgan fingerprint density at radius 3 is 2.00 bits per heavy atom. The van der Waals surface area contributed by atoms with Crippen LogP contribution in [0.3, 0.4) is 0 Å². The number of ether oxygens (including phenoxy) is 1. The Balaban J connectivity index is 0.000000282. The molecule has 0 aliphatic rings. The molecular weight excluding hydrogens is 463 g/mol. The predicted octanol–water partition coefficient (Wildman–Crippen LogP) is 6.31. The second-order valence-electron chi connectivity index (χ2n) is 8.16. The summed E-state index contributed by atoms with van der Waals surface area (Å²) >= 11 is 12.3. The smallest absolute Gasteiger partial charge is 0.442 e. The summed E-state index contributed by atoms with van der Waals surface area (Å²) < 4.78 is 11.9. The summed E-state index contributed by atoms with van der Waals surface area (Å²) in [6.07, 6.45) is 3.39. The van der Waals surface area contributed by atoms with Gasteiger partial charge in [0.05, 0.1) is 21.8 Å². The van der Waals surface area contributed by atoms with Crippen molar-refractivity contribution >= 4 is 23.2 Å². The first-order valence-corrected chi connectivity index (χ1v) is 11.1. The largest absolute Gasteiger partial charge is 0.489 e. The summed E-state index contributed by atoms with van der Waals surface area (Å²) in [6, 6.07) is 16.9. The number of H-pyrrole nitrogens is 1. The summed E-state index contributed by atoms with van der Waals surface area (Å²) in [7, 11) is 0. The molecular formula is C24H28Cl2N4O3. The Morgan fingerprint density at radius 2 is 1.61 bits per heavy atom. The van der Waals surface area contributed by atoms with Gasteiger partial charge < -0.3 is 9.15 Å². The minimum atomic E-state index is -0.607. The van der Waals surface area contributed by atoms with Crippen molar-refractivity contribution in [1.29, 1.82) is 0 Å². The Bertz CT molecular complexity index is 1100. The molecule has 2 aromatic heterocycles. The maximum Gasteiger partial charge on any atom is 0.442 e. The van der Waals surface area contributed by atoms with Crippen LogP contribution in [-0.2, 0) is 5.41 Å². The van der Waals surface area contributed by atoms with Gasteiger partial charge in [-0.1, -0.05) is 80.4 Å². The summed E-state index contributed by atoms with van der Waals surface area (Å²) in [5.74, 6) is 0.155. The fourth-order valence-electron chi connectivity index (χ4n) is 2.36. The lowest BCUT2D eigenvalue weighted by Gasteiger charge is -2.13. The van der Waals surface area contributed by atoms with Crippen LogP contribution in [0.1, 0.15) is 40.5 Å². The molecule has 0 saturated heterocycles. The standard InChI is InChI=1S/C15H18Cl2N2O3.C6H6.C3H4N2/c1-8(2)21-12-7-11(9(16)6-10(12)17)19-14(20)22-13(18-19)15(3,4)5;1-2-4-6-5-3-1;1-2-4-5-3-1/h6-8H,1-5H3;1-6H;1-3H,(H,4,5). The van der Waals surface area contributed by atoms with Crippen molar-refractivity contribution in [3.63, 3.8) is 0 Å². The Morgan fingerprint density at radius 1 is 1.00 bits per heavy atom. The molecule has 0 radical (unpaired) electrons. The minimum Gasteiger partial charge on any atom is -0.489 e. The second-order valence-corrected chi connectivity index (χ2v) is 8.97. The van der Waals surface area contributed by atoms with E-state index >= 15 is 0 Å². The van der Waals surface area contributed by atoms with E-state index in [1.165, 1.54) is 6.07 Å². The van der Waals surface area contributed by atoms with Crippen molar-refractivity contribution in [1.82, 2.24) is 20.0 Å². The molecule has 0 atom stereocenters. The van der Waals surface area contributed by atoms with Crippen molar-refractivity contribution in [2.45, 2.75) is 46.1 Å². The number of nitrogens with zero attached hydrogens (tertiary/aromatic N) is 3. The number of aromatic nitrogens is 4. The number of aromatic amines is 1. The van der Waals surface area contributed by atoms with E-state index in [2.05, 4.69) is 15.3 Å². The predicted molar refractivity (Wildman–Crippen MR) is 132 cm³/mol. The number of halogens is 2. The first-order chi connectivity index (χ1) is 15.6. The van der Waals surface area contributed by atoms with E-state index in [4.69, 9.17) is 32.4 Å². The van der Waals surface area contributed by atoms with Crippen LogP contribution in [0.4, 0.5) is 0 Å². The van der Waals surface area contributed by atoms with Crippen LogP contribution >= 0.6 is 23.2 Å². The fraction of sp³-hybridized carbons (Fsp3) is 0.292. The topological polar surface area (TPSA) is 85.9 Å². The first kappa shape index (κ1) is 26.2. The summed E-state index contributed by atoms with van der Waals surface area (Å²) in [5, 5.41) is 11.1. The molecule has 2 aromatic carbocycles. The van der Waals surface area contributed by atoms with Crippen molar-refractivity contribution < 1.29 is 9.15 Å². The lowest BCUT2D eigenvalue weighted by atomic mass is 9.97. The van der Waals surface area contributed by atoms with Crippen molar-refractivity contribution in [3.8, 4) is 11.4 Å². The molecule has 9 heteroatoms. The van der Waals surface area contributed by atoms with E-state index in [-0.39, 0.29) is 16.5 Å². The zero-order chi connectivity index (χ0) is 24.4. The van der Waals surface area contributed by atoms with Gasteiger partial charge in [-0.3, -0.25) is 5.10 Å². The molecule has 0 fully saturated rings. The van der Waals surface area contributed by atoms with Crippen LogP contribution in [0.15, 0.2) is 76.2 Å². The van der Waals surface area contributed by atoms with Gasteiger partial charge in [-0.25, -0.2) is 4.79 Å². The van der Waals surface area contributed by atoms with Gasteiger partial charge in [-0.15, -0.1) is 5.10 Å². The lowest BCUT2D eigenvalue weighted by Crippen LogP contribution is -2.15.